The van der Waals surface area contributed by atoms with Crippen molar-refractivity contribution in [1.29, 1.82) is 0 Å². The average Bonchev–Trinajstić information content (AvgIpc) is 2.29. The molecule has 0 saturated heterocycles. The van der Waals surface area contributed by atoms with Crippen molar-refractivity contribution in [3.05, 3.63) is 17.5 Å². The van der Waals surface area contributed by atoms with Gasteiger partial charge in [0.2, 0.25) is 0 Å². The fourth-order valence-corrected chi connectivity index (χ4v) is 1.24. The number of rotatable bonds is 3. The van der Waals surface area contributed by atoms with E-state index < -0.39 is 29.3 Å². The van der Waals surface area contributed by atoms with Crippen LogP contribution in [0.4, 0.5) is 18.9 Å². The quantitative estimate of drug-likeness (QED) is 0.784. The van der Waals surface area contributed by atoms with E-state index in [2.05, 4.69) is 14.5 Å². The first-order valence-electron chi connectivity index (χ1n) is 4.61. The number of nitrogens with zero attached hydrogens (tertiary/aromatic N) is 1. The molecule has 0 aliphatic rings. The van der Waals surface area contributed by atoms with Gasteiger partial charge in [0.1, 0.15) is 5.56 Å². The van der Waals surface area contributed by atoms with Crippen molar-refractivity contribution >= 4 is 11.7 Å². The normalized spacial score (nSPS) is 11.2. The van der Waals surface area contributed by atoms with Crippen LogP contribution >= 0.6 is 0 Å². The number of pyridine rings is 1. The van der Waals surface area contributed by atoms with Crippen molar-refractivity contribution in [1.82, 2.24) is 4.98 Å². The molecule has 0 aromatic carbocycles. The third kappa shape index (κ3) is 3.00. The predicted octanol–water partition coefficient (Wildman–Crippen LogP) is 0.808. The smallest absolute Gasteiger partial charge is 0.465 e. The number of nitrogen functional groups attached to an aromatic ring is 1. The number of aromatic nitrogens is 1. The lowest BCUT2D eigenvalue weighted by atomic mass is 10.1. The lowest BCUT2D eigenvalue weighted by Gasteiger charge is -2.15. The van der Waals surface area contributed by atoms with E-state index in [4.69, 9.17) is 11.5 Å². The highest BCUT2D eigenvalue weighted by Gasteiger charge is 2.35. The molecular weight excluding hydrogens is 255 g/mol. The van der Waals surface area contributed by atoms with Crippen LogP contribution in [0.3, 0.4) is 0 Å². The van der Waals surface area contributed by atoms with Crippen molar-refractivity contribution < 1.29 is 27.4 Å². The second kappa shape index (κ2) is 5.08. The third-order valence-electron chi connectivity index (χ3n) is 1.94. The number of esters is 1. The molecule has 0 amide bonds. The minimum atomic E-state index is -5.00. The first-order valence-corrected chi connectivity index (χ1v) is 4.61. The van der Waals surface area contributed by atoms with E-state index in [9.17, 15) is 18.0 Å². The molecule has 1 heterocycles. The average molecular weight is 265 g/mol. The lowest BCUT2D eigenvalue weighted by molar-refractivity contribution is -0.274. The van der Waals surface area contributed by atoms with Crippen LogP contribution in [-0.2, 0) is 11.3 Å². The van der Waals surface area contributed by atoms with Crippen molar-refractivity contribution in [3.63, 3.8) is 0 Å². The van der Waals surface area contributed by atoms with Crippen LogP contribution < -0.4 is 16.2 Å². The van der Waals surface area contributed by atoms with Crippen LogP contribution in [0.1, 0.15) is 16.1 Å². The topological polar surface area (TPSA) is 100 Å². The van der Waals surface area contributed by atoms with Gasteiger partial charge in [-0.05, 0) is 0 Å². The Morgan fingerprint density at radius 2 is 2.11 bits per heavy atom. The van der Waals surface area contributed by atoms with Crippen LogP contribution in [0.15, 0.2) is 6.20 Å². The Hall–Kier alpha value is -2.03. The second-order valence-corrected chi connectivity index (χ2v) is 3.11. The van der Waals surface area contributed by atoms with Gasteiger partial charge in [0.25, 0.3) is 0 Å². The van der Waals surface area contributed by atoms with E-state index in [0.29, 0.717) is 0 Å². The lowest BCUT2D eigenvalue weighted by Crippen LogP contribution is -2.22. The number of methoxy groups -OCH3 is 1. The minimum Gasteiger partial charge on any atom is -0.465 e. The Kier molecular flexibility index (Phi) is 3.96. The molecule has 1 aromatic rings. The number of carbonyl (C=O) groups excluding carboxylic acids is 1. The zero-order chi connectivity index (χ0) is 13.9. The molecule has 4 N–H and O–H groups in total. The maximum absolute atomic E-state index is 12.2. The summed E-state index contributed by atoms with van der Waals surface area (Å²) in [5.74, 6) is -1.92. The molecule has 0 aliphatic heterocycles. The van der Waals surface area contributed by atoms with Crippen LogP contribution in [0.2, 0.25) is 0 Å². The Balaban J connectivity index is 3.41. The third-order valence-corrected chi connectivity index (χ3v) is 1.94. The van der Waals surface area contributed by atoms with Crippen molar-refractivity contribution in [3.8, 4) is 5.75 Å². The summed E-state index contributed by atoms with van der Waals surface area (Å²) in [6, 6.07) is 0. The summed E-state index contributed by atoms with van der Waals surface area (Å²) in [5.41, 5.74) is 9.51. The van der Waals surface area contributed by atoms with Gasteiger partial charge < -0.3 is 20.9 Å². The van der Waals surface area contributed by atoms with Gasteiger partial charge in [-0.15, -0.1) is 13.2 Å². The standard InChI is InChI=1S/C9H10F3N3O3/c1-17-8(16)6-5(2-13)15-3-4(14)7(6)18-9(10,11)12/h3H,2,13-14H2,1H3. The van der Waals surface area contributed by atoms with Gasteiger partial charge in [0.15, 0.2) is 5.75 Å². The Labute approximate surface area is 99.7 Å². The molecule has 0 spiro atoms. The number of ether oxygens (including phenoxy) is 2. The maximum atomic E-state index is 12.2. The van der Waals surface area contributed by atoms with E-state index in [1.807, 2.05) is 0 Å². The summed E-state index contributed by atoms with van der Waals surface area (Å²) >= 11 is 0. The van der Waals surface area contributed by atoms with Gasteiger partial charge in [0, 0.05) is 6.54 Å². The van der Waals surface area contributed by atoms with E-state index in [1.54, 1.807) is 0 Å². The summed E-state index contributed by atoms with van der Waals surface area (Å²) in [6.07, 6.45) is -4.07. The van der Waals surface area contributed by atoms with E-state index in [-0.39, 0.29) is 12.2 Å². The zero-order valence-electron chi connectivity index (χ0n) is 9.25. The predicted molar refractivity (Wildman–Crippen MR) is 54.6 cm³/mol. The second-order valence-electron chi connectivity index (χ2n) is 3.11. The van der Waals surface area contributed by atoms with Crippen molar-refractivity contribution in [2.75, 3.05) is 12.8 Å². The molecule has 0 unspecified atom stereocenters. The number of nitrogens with two attached hydrogens (primary N) is 2. The molecule has 9 heteroatoms. The summed E-state index contributed by atoms with van der Waals surface area (Å²) in [5, 5.41) is 0. The molecule has 0 saturated carbocycles. The molecule has 1 rings (SSSR count). The Morgan fingerprint density at radius 3 is 2.56 bits per heavy atom. The summed E-state index contributed by atoms with van der Waals surface area (Å²) in [4.78, 5) is 15.1. The maximum Gasteiger partial charge on any atom is 0.573 e. The number of halogens is 3. The molecule has 6 nitrogen and oxygen atoms in total. The molecular formula is C9H10F3N3O3. The van der Waals surface area contributed by atoms with Gasteiger partial charge in [-0.2, -0.15) is 0 Å². The molecule has 0 fully saturated rings. The first kappa shape index (κ1) is 14.0. The highest BCUT2D eigenvalue weighted by molar-refractivity contribution is 5.95. The van der Waals surface area contributed by atoms with Crippen molar-refractivity contribution in [2.45, 2.75) is 12.9 Å². The van der Waals surface area contributed by atoms with Gasteiger partial charge in [-0.3, -0.25) is 4.98 Å². The molecule has 0 bridgehead atoms. The van der Waals surface area contributed by atoms with E-state index in [0.717, 1.165) is 13.3 Å². The molecule has 0 atom stereocenters. The molecule has 0 aliphatic carbocycles. The first-order chi connectivity index (χ1) is 8.30. The molecule has 1 aromatic heterocycles. The molecule has 0 radical (unpaired) electrons. The summed E-state index contributed by atoms with van der Waals surface area (Å²) in [7, 11) is 1.00. The summed E-state index contributed by atoms with van der Waals surface area (Å²) in [6.45, 7) is -0.265. The number of hydrogen-bond donors (Lipinski definition) is 2. The largest absolute Gasteiger partial charge is 0.573 e. The van der Waals surface area contributed by atoms with Gasteiger partial charge in [-0.1, -0.05) is 0 Å². The highest BCUT2D eigenvalue weighted by atomic mass is 19.4. The fraction of sp³-hybridized carbons (Fsp3) is 0.333. The number of anilines is 1. The highest BCUT2D eigenvalue weighted by Crippen LogP contribution is 2.33. The summed E-state index contributed by atoms with van der Waals surface area (Å²) < 4.78 is 44.7. The van der Waals surface area contributed by atoms with Gasteiger partial charge in [-0.25, -0.2) is 4.79 Å². The Morgan fingerprint density at radius 1 is 1.50 bits per heavy atom. The SMILES string of the molecule is COC(=O)c1c(CN)ncc(N)c1OC(F)(F)F. The number of carbonyl (C=O) groups is 1. The van der Waals surface area contributed by atoms with Crippen LogP contribution in [0.25, 0.3) is 0 Å². The Bertz CT molecular complexity index is 462. The van der Waals surface area contributed by atoms with Crippen LogP contribution in [0.5, 0.6) is 5.75 Å². The van der Waals surface area contributed by atoms with E-state index in [1.165, 1.54) is 0 Å². The minimum absolute atomic E-state index is 0.102. The zero-order valence-corrected chi connectivity index (χ0v) is 9.25. The van der Waals surface area contributed by atoms with Crippen LogP contribution in [-0.4, -0.2) is 24.4 Å². The monoisotopic (exact) mass is 265 g/mol. The van der Waals surface area contributed by atoms with Gasteiger partial charge >= 0.3 is 12.3 Å². The van der Waals surface area contributed by atoms with Gasteiger partial charge in [0.05, 0.1) is 24.7 Å². The van der Waals surface area contributed by atoms with Crippen molar-refractivity contribution in [2.24, 2.45) is 5.73 Å². The number of alkyl halides is 3. The van der Waals surface area contributed by atoms with Crippen LogP contribution in [0, 0.1) is 0 Å². The van der Waals surface area contributed by atoms with E-state index >= 15 is 0 Å². The molecule has 100 valence electrons. The number of hydrogen-bond acceptors (Lipinski definition) is 6. The molecule has 18 heavy (non-hydrogen) atoms. The fourth-order valence-electron chi connectivity index (χ4n) is 1.24.